The molecular formula is C19H20. The topological polar surface area (TPSA) is 0 Å². The van der Waals surface area contributed by atoms with Crippen molar-refractivity contribution in [1.29, 1.82) is 0 Å². The second-order valence-corrected chi connectivity index (χ2v) is 5.54. The molecule has 1 aliphatic rings. The van der Waals surface area contributed by atoms with Gasteiger partial charge < -0.3 is 0 Å². The Balaban J connectivity index is 2.10. The molecule has 96 valence electrons. The van der Waals surface area contributed by atoms with Gasteiger partial charge in [0, 0.05) is 0 Å². The van der Waals surface area contributed by atoms with Crippen LogP contribution in [0.15, 0.2) is 60.7 Å². The second-order valence-electron chi connectivity index (χ2n) is 5.54. The van der Waals surface area contributed by atoms with Gasteiger partial charge in [0.05, 0.1) is 0 Å². The van der Waals surface area contributed by atoms with E-state index in [1.54, 1.807) is 11.1 Å². The lowest BCUT2D eigenvalue weighted by Crippen LogP contribution is -2.06. The molecule has 0 nitrogen and oxygen atoms in total. The summed E-state index contributed by atoms with van der Waals surface area (Å²) in [5.41, 5.74) is 5.89. The van der Waals surface area contributed by atoms with Crippen LogP contribution in [0.25, 0.3) is 11.1 Å². The fourth-order valence-corrected chi connectivity index (χ4v) is 3.00. The molecule has 3 rings (SSSR count). The van der Waals surface area contributed by atoms with Crippen molar-refractivity contribution in [3.8, 4) is 0 Å². The highest BCUT2D eigenvalue weighted by atomic mass is 14.2. The van der Waals surface area contributed by atoms with Gasteiger partial charge in [-0.2, -0.15) is 0 Å². The third-order valence-electron chi connectivity index (χ3n) is 4.05. The Morgan fingerprint density at radius 2 is 1.26 bits per heavy atom. The lowest BCUT2D eigenvalue weighted by Gasteiger charge is -2.25. The first-order chi connectivity index (χ1) is 9.34. The van der Waals surface area contributed by atoms with Crippen LogP contribution in [0.1, 0.15) is 37.3 Å². The average molecular weight is 248 g/mol. The van der Waals surface area contributed by atoms with E-state index < -0.39 is 0 Å². The molecule has 0 unspecified atom stereocenters. The summed E-state index contributed by atoms with van der Waals surface area (Å²) in [6.45, 7) is 2.37. The fourth-order valence-electron chi connectivity index (χ4n) is 3.00. The van der Waals surface area contributed by atoms with E-state index in [1.807, 2.05) is 0 Å². The van der Waals surface area contributed by atoms with Gasteiger partial charge in [-0.05, 0) is 47.5 Å². The summed E-state index contributed by atoms with van der Waals surface area (Å²) in [5.74, 6) is 0.794. The standard InChI is InChI=1S/C19H20/c1-15-12-13-18(16-8-4-2-5-9-16)19(14-15)17-10-6-3-7-11-17/h2-11,15H,12-14H2,1H3/t15-/m1/s1. The Bertz CT molecular complexity index is 564. The molecule has 2 aromatic rings. The number of hydrogen-bond acceptors (Lipinski definition) is 0. The Morgan fingerprint density at radius 3 is 1.84 bits per heavy atom. The van der Waals surface area contributed by atoms with Gasteiger partial charge in [-0.3, -0.25) is 0 Å². The zero-order valence-corrected chi connectivity index (χ0v) is 11.5. The third-order valence-corrected chi connectivity index (χ3v) is 4.05. The Kier molecular flexibility index (Phi) is 3.50. The van der Waals surface area contributed by atoms with Crippen molar-refractivity contribution in [3.05, 3.63) is 71.8 Å². The minimum absolute atomic E-state index is 0.794. The van der Waals surface area contributed by atoms with Gasteiger partial charge in [0.15, 0.2) is 0 Å². The quantitative estimate of drug-likeness (QED) is 0.666. The highest BCUT2D eigenvalue weighted by molar-refractivity contribution is 5.91. The van der Waals surface area contributed by atoms with Crippen LogP contribution in [-0.2, 0) is 0 Å². The molecule has 0 radical (unpaired) electrons. The second kappa shape index (κ2) is 5.44. The molecular weight excluding hydrogens is 228 g/mol. The van der Waals surface area contributed by atoms with Gasteiger partial charge >= 0.3 is 0 Å². The van der Waals surface area contributed by atoms with Crippen LogP contribution in [0.4, 0.5) is 0 Å². The van der Waals surface area contributed by atoms with Gasteiger partial charge in [0.2, 0.25) is 0 Å². The number of hydrogen-bond donors (Lipinski definition) is 0. The first-order valence-electron chi connectivity index (χ1n) is 7.17. The molecule has 0 amide bonds. The molecule has 0 spiro atoms. The number of benzene rings is 2. The summed E-state index contributed by atoms with van der Waals surface area (Å²) < 4.78 is 0. The molecule has 0 N–H and O–H groups in total. The molecule has 0 aliphatic heterocycles. The molecule has 19 heavy (non-hydrogen) atoms. The minimum Gasteiger partial charge on any atom is -0.0622 e. The molecule has 0 bridgehead atoms. The van der Waals surface area contributed by atoms with Crippen molar-refractivity contribution < 1.29 is 0 Å². The van der Waals surface area contributed by atoms with Crippen LogP contribution in [0.5, 0.6) is 0 Å². The van der Waals surface area contributed by atoms with Gasteiger partial charge in [-0.15, -0.1) is 0 Å². The van der Waals surface area contributed by atoms with Crippen LogP contribution in [-0.4, -0.2) is 0 Å². The summed E-state index contributed by atoms with van der Waals surface area (Å²) in [6.07, 6.45) is 3.71. The highest BCUT2D eigenvalue weighted by Gasteiger charge is 2.19. The molecule has 1 aliphatic carbocycles. The molecule has 0 saturated heterocycles. The van der Waals surface area contributed by atoms with Gasteiger partial charge in [-0.1, -0.05) is 67.6 Å². The smallest absolute Gasteiger partial charge is 0.0221 e. The summed E-state index contributed by atoms with van der Waals surface area (Å²) in [4.78, 5) is 0. The van der Waals surface area contributed by atoms with Gasteiger partial charge in [0.25, 0.3) is 0 Å². The van der Waals surface area contributed by atoms with Crippen LogP contribution in [0.3, 0.4) is 0 Å². The van der Waals surface area contributed by atoms with Crippen molar-refractivity contribution in [2.75, 3.05) is 0 Å². The lowest BCUT2D eigenvalue weighted by atomic mass is 9.79. The zero-order chi connectivity index (χ0) is 13.1. The van der Waals surface area contributed by atoms with Crippen LogP contribution in [0.2, 0.25) is 0 Å². The average Bonchev–Trinajstić information content (AvgIpc) is 2.49. The Morgan fingerprint density at radius 1 is 0.737 bits per heavy atom. The van der Waals surface area contributed by atoms with E-state index in [2.05, 4.69) is 67.6 Å². The van der Waals surface area contributed by atoms with E-state index in [-0.39, 0.29) is 0 Å². The zero-order valence-electron chi connectivity index (χ0n) is 11.5. The van der Waals surface area contributed by atoms with E-state index in [1.165, 1.54) is 30.4 Å². The molecule has 2 aromatic carbocycles. The maximum atomic E-state index is 2.37. The number of allylic oxidation sites excluding steroid dienone is 2. The van der Waals surface area contributed by atoms with E-state index in [0.29, 0.717) is 0 Å². The van der Waals surface area contributed by atoms with Crippen molar-refractivity contribution >= 4 is 11.1 Å². The maximum absolute atomic E-state index is 2.37. The number of rotatable bonds is 2. The first-order valence-corrected chi connectivity index (χ1v) is 7.17. The lowest BCUT2D eigenvalue weighted by molar-refractivity contribution is 0.543. The molecule has 0 heteroatoms. The fraction of sp³-hybridized carbons (Fsp3) is 0.263. The van der Waals surface area contributed by atoms with E-state index >= 15 is 0 Å². The predicted molar refractivity (Wildman–Crippen MR) is 82.7 cm³/mol. The molecule has 1 atom stereocenters. The third kappa shape index (κ3) is 2.63. The van der Waals surface area contributed by atoms with Crippen molar-refractivity contribution in [3.63, 3.8) is 0 Å². The summed E-state index contributed by atoms with van der Waals surface area (Å²) in [5, 5.41) is 0. The van der Waals surface area contributed by atoms with Crippen molar-refractivity contribution in [2.45, 2.75) is 26.2 Å². The van der Waals surface area contributed by atoms with Crippen molar-refractivity contribution in [1.82, 2.24) is 0 Å². The van der Waals surface area contributed by atoms with E-state index in [0.717, 1.165) is 5.92 Å². The summed E-state index contributed by atoms with van der Waals surface area (Å²) in [7, 11) is 0. The Labute approximate surface area is 115 Å². The normalized spacial score (nSPS) is 19.5. The molecule has 0 aromatic heterocycles. The van der Waals surface area contributed by atoms with E-state index in [4.69, 9.17) is 0 Å². The van der Waals surface area contributed by atoms with Crippen LogP contribution < -0.4 is 0 Å². The van der Waals surface area contributed by atoms with Crippen LogP contribution in [0, 0.1) is 5.92 Å². The minimum atomic E-state index is 0.794. The van der Waals surface area contributed by atoms with E-state index in [9.17, 15) is 0 Å². The molecule has 0 saturated carbocycles. The monoisotopic (exact) mass is 248 g/mol. The van der Waals surface area contributed by atoms with Crippen LogP contribution >= 0.6 is 0 Å². The maximum Gasteiger partial charge on any atom is -0.0221 e. The molecule has 0 fully saturated rings. The Hall–Kier alpha value is -1.82. The van der Waals surface area contributed by atoms with Gasteiger partial charge in [-0.25, -0.2) is 0 Å². The van der Waals surface area contributed by atoms with Gasteiger partial charge in [0.1, 0.15) is 0 Å². The summed E-state index contributed by atoms with van der Waals surface area (Å²) in [6, 6.07) is 21.7. The van der Waals surface area contributed by atoms with Crippen molar-refractivity contribution in [2.24, 2.45) is 5.92 Å². The predicted octanol–water partition coefficient (Wildman–Crippen LogP) is 5.42. The molecule has 0 heterocycles. The first kappa shape index (κ1) is 12.2. The SMILES string of the molecule is C[C@@H]1CCC(c2ccccc2)=C(c2ccccc2)C1. The highest BCUT2D eigenvalue weighted by Crippen LogP contribution is 2.40. The largest absolute Gasteiger partial charge is 0.0622 e. The summed E-state index contributed by atoms with van der Waals surface area (Å²) >= 11 is 0.